The topological polar surface area (TPSA) is 60.2 Å². The molecule has 1 saturated heterocycles. The second kappa shape index (κ2) is 7.03. The number of likely N-dealkylation sites (tertiary alicyclic amines) is 1. The first-order valence-corrected chi connectivity index (χ1v) is 8.37. The lowest BCUT2D eigenvalue weighted by molar-refractivity contribution is -0.135. The minimum atomic E-state index is 0.0270. The highest BCUT2D eigenvalue weighted by Gasteiger charge is 2.25. The standard InChI is InChI=1S/C18H24N4O2/c1-13-7-14(2)18(15(3)8-13)24-10-17(23)21-6-4-5-16(9-21)22-12-19-11-20-22/h7-8,11-12,16H,4-6,9-10H2,1-3H3/t16-/m0/s1. The first kappa shape index (κ1) is 16.5. The summed E-state index contributed by atoms with van der Waals surface area (Å²) in [5, 5.41) is 4.20. The number of piperidine rings is 1. The van der Waals surface area contributed by atoms with Crippen molar-refractivity contribution in [2.45, 2.75) is 39.7 Å². The Kier molecular flexibility index (Phi) is 4.83. The summed E-state index contributed by atoms with van der Waals surface area (Å²) in [6.45, 7) is 7.61. The molecule has 1 aromatic carbocycles. The van der Waals surface area contributed by atoms with Crippen LogP contribution in [0.4, 0.5) is 0 Å². The molecule has 1 aliphatic rings. The van der Waals surface area contributed by atoms with E-state index in [-0.39, 0.29) is 18.6 Å². The zero-order chi connectivity index (χ0) is 17.1. The summed E-state index contributed by atoms with van der Waals surface area (Å²) in [5.41, 5.74) is 3.34. The Bertz CT molecular complexity index is 689. The van der Waals surface area contributed by atoms with Crippen LogP contribution in [0.5, 0.6) is 5.75 Å². The van der Waals surface area contributed by atoms with Crippen LogP contribution in [0.2, 0.25) is 0 Å². The number of nitrogens with zero attached hydrogens (tertiary/aromatic N) is 4. The molecule has 24 heavy (non-hydrogen) atoms. The Morgan fingerprint density at radius 1 is 1.29 bits per heavy atom. The van der Waals surface area contributed by atoms with Gasteiger partial charge in [-0.25, -0.2) is 9.67 Å². The largest absolute Gasteiger partial charge is 0.483 e. The summed E-state index contributed by atoms with van der Waals surface area (Å²) < 4.78 is 7.68. The Morgan fingerprint density at radius 2 is 2.04 bits per heavy atom. The molecule has 0 N–H and O–H groups in total. The quantitative estimate of drug-likeness (QED) is 0.865. The molecular formula is C18H24N4O2. The van der Waals surface area contributed by atoms with E-state index in [0.717, 1.165) is 36.3 Å². The van der Waals surface area contributed by atoms with Gasteiger partial charge in [0.1, 0.15) is 18.4 Å². The van der Waals surface area contributed by atoms with Crippen molar-refractivity contribution in [2.24, 2.45) is 0 Å². The van der Waals surface area contributed by atoms with Crippen LogP contribution in [0.25, 0.3) is 0 Å². The maximum Gasteiger partial charge on any atom is 0.260 e. The van der Waals surface area contributed by atoms with Crippen molar-refractivity contribution in [3.63, 3.8) is 0 Å². The number of ether oxygens (including phenoxy) is 1. The van der Waals surface area contributed by atoms with Crippen LogP contribution in [-0.4, -0.2) is 45.3 Å². The molecule has 128 valence electrons. The number of rotatable bonds is 4. The van der Waals surface area contributed by atoms with Gasteiger partial charge in [-0.05, 0) is 44.7 Å². The van der Waals surface area contributed by atoms with Crippen LogP contribution in [0.1, 0.15) is 35.6 Å². The summed E-state index contributed by atoms with van der Waals surface area (Å²) >= 11 is 0. The maximum absolute atomic E-state index is 12.5. The van der Waals surface area contributed by atoms with Crippen molar-refractivity contribution in [3.05, 3.63) is 41.5 Å². The Hall–Kier alpha value is -2.37. The molecule has 6 heteroatoms. The minimum absolute atomic E-state index is 0.0270. The molecule has 0 unspecified atom stereocenters. The lowest BCUT2D eigenvalue weighted by atomic mass is 10.1. The molecule has 1 amide bonds. The summed E-state index contributed by atoms with van der Waals surface area (Å²) in [6, 6.07) is 4.36. The van der Waals surface area contributed by atoms with Gasteiger partial charge < -0.3 is 9.64 Å². The Balaban J connectivity index is 1.61. The molecule has 1 aromatic heterocycles. The number of aromatic nitrogens is 3. The smallest absolute Gasteiger partial charge is 0.260 e. The van der Waals surface area contributed by atoms with E-state index < -0.39 is 0 Å². The van der Waals surface area contributed by atoms with Crippen molar-refractivity contribution in [2.75, 3.05) is 19.7 Å². The molecule has 2 heterocycles. The normalized spacial score (nSPS) is 17.8. The van der Waals surface area contributed by atoms with Gasteiger partial charge in [-0.1, -0.05) is 17.7 Å². The van der Waals surface area contributed by atoms with Crippen molar-refractivity contribution in [1.82, 2.24) is 19.7 Å². The van der Waals surface area contributed by atoms with Gasteiger partial charge in [-0.3, -0.25) is 4.79 Å². The van der Waals surface area contributed by atoms with Gasteiger partial charge in [-0.2, -0.15) is 5.10 Å². The van der Waals surface area contributed by atoms with Gasteiger partial charge in [0.2, 0.25) is 0 Å². The van der Waals surface area contributed by atoms with Crippen LogP contribution in [0, 0.1) is 20.8 Å². The Morgan fingerprint density at radius 3 is 2.71 bits per heavy atom. The highest BCUT2D eigenvalue weighted by atomic mass is 16.5. The zero-order valence-electron chi connectivity index (χ0n) is 14.5. The lowest BCUT2D eigenvalue weighted by Gasteiger charge is -2.32. The third-order valence-corrected chi connectivity index (χ3v) is 4.50. The van der Waals surface area contributed by atoms with E-state index in [9.17, 15) is 4.79 Å². The average molecular weight is 328 g/mol. The third kappa shape index (κ3) is 3.58. The zero-order valence-corrected chi connectivity index (χ0v) is 14.5. The van der Waals surface area contributed by atoms with Crippen LogP contribution >= 0.6 is 0 Å². The number of benzene rings is 1. The van der Waals surface area contributed by atoms with Gasteiger partial charge >= 0.3 is 0 Å². The van der Waals surface area contributed by atoms with Crippen LogP contribution in [0.3, 0.4) is 0 Å². The molecule has 3 rings (SSSR count). The highest BCUT2D eigenvalue weighted by Crippen LogP contribution is 2.25. The van der Waals surface area contributed by atoms with Crippen molar-refractivity contribution in [3.8, 4) is 5.75 Å². The van der Waals surface area contributed by atoms with Crippen LogP contribution in [0.15, 0.2) is 24.8 Å². The SMILES string of the molecule is Cc1cc(C)c(OCC(=O)N2CCC[C@H](n3cncn3)C2)c(C)c1. The molecule has 0 bridgehead atoms. The van der Waals surface area contributed by atoms with Gasteiger partial charge in [0, 0.05) is 13.1 Å². The maximum atomic E-state index is 12.5. The fourth-order valence-corrected chi connectivity index (χ4v) is 3.42. The van der Waals surface area contributed by atoms with Crippen molar-refractivity contribution in [1.29, 1.82) is 0 Å². The summed E-state index contributed by atoms with van der Waals surface area (Å²) in [4.78, 5) is 18.4. The number of amides is 1. The summed E-state index contributed by atoms with van der Waals surface area (Å²) in [5.74, 6) is 0.845. The summed E-state index contributed by atoms with van der Waals surface area (Å²) in [6.07, 6.45) is 5.24. The molecule has 1 aliphatic heterocycles. The first-order chi connectivity index (χ1) is 11.5. The average Bonchev–Trinajstić information content (AvgIpc) is 3.08. The van der Waals surface area contributed by atoms with Crippen molar-refractivity contribution >= 4 is 5.91 Å². The highest BCUT2D eigenvalue weighted by molar-refractivity contribution is 5.78. The van der Waals surface area contributed by atoms with Gasteiger partial charge in [0.15, 0.2) is 6.61 Å². The molecule has 1 atom stereocenters. The van der Waals surface area contributed by atoms with Crippen molar-refractivity contribution < 1.29 is 9.53 Å². The number of hydrogen-bond donors (Lipinski definition) is 0. The fourth-order valence-electron chi connectivity index (χ4n) is 3.42. The van der Waals surface area contributed by atoms with Gasteiger partial charge in [-0.15, -0.1) is 0 Å². The second-order valence-electron chi connectivity index (χ2n) is 6.53. The molecular weight excluding hydrogens is 304 g/mol. The summed E-state index contributed by atoms with van der Waals surface area (Å²) in [7, 11) is 0. The number of carbonyl (C=O) groups is 1. The minimum Gasteiger partial charge on any atom is -0.483 e. The van der Waals surface area contributed by atoms with Crippen LogP contribution in [-0.2, 0) is 4.79 Å². The van der Waals surface area contributed by atoms with E-state index in [1.807, 2.05) is 23.4 Å². The predicted octanol–water partition coefficient (Wildman–Crippen LogP) is 2.45. The second-order valence-corrected chi connectivity index (χ2v) is 6.53. The first-order valence-electron chi connectivity index (χ1n) is 8.37. The van der Waals surface area contributed by atoms with E-state index in [4.69, 9.17) is 4.74 Å². The molecule has 0 spiro atoms. The van der Waals surface area contributed by atoms with E-state index in [1.54, 1.807) is 6.33 Å². The van der Waals surface area contributed by atoms with E-state index >= 15 is 0 Å². The Labute approximate surface area is 142 Å². The molecule has 1 fully saturated rings. The molecule has 0 saturated carbocycles. The van der Waals surface area contributed by atoms with Gasteiger partial charge in [0.25, 0.3) is 5.91 Å². The van der Waals surface area contributed by atoms with Crippen LogP contribution < -0.4 is 4.74 Å². The molecule has 2 aromatic rings. The van der Waals surface area contributed by atoms with E-state index in [2.05, 4.69) is 29.1 Å². The van der Waals surface area contributed by atoms with E-state index in [1.165, 1.54) is 11.9 Å². The lowest BCUT2D eigenvalue weighted by Crippen LogP contribution is -2.43. The van der Waals surface area contributed by atoms with E-state index in [0.29, 0.717) is 6.54 Å². The predicted molar refractivity (Wildman–Crippen MR) is 91.0 cm³/mol. The molecule has 0 aliphatic carbocycles. The molecule has 6 nitrogen and oxygen atoms in total. The number of hydrogen-bond acceptors (Lipinski definition) is 4. The fraction of sp³-hybridized carbons (Fsp3) is 0.500. The number of carbonyl (C=O) groups excluding carboxylic acids is 1. The third-order valence-electron chi connectivity index (χ3n) is 4.50. The molecule has 0 radical (unpaired) electrons. The van der Waals surface area contributed by atoms with Gasteiger partial charge in [0.05, 0.1) is 6.04 Å². The monoisotopic (exact) mass is 328 g/mol. The number of aryl methyl sites for hydroxylation is 3.